The molecule has 18 heavy (non-hydrogen) atoms. The summed E-state index contributed by atoms with van der Waals surface area (Å²) in [6.45, 7) is 0. The average molecular weight is 245 g/mol. The number of nitrogens with two attached hydrogens (primary N) is 1. The smallest absolute Gasteiger partial charge is 0.221 e. The number of halogens is 1. The molecule has 0 fully saturated rings. The van der Waals surface area contributed by atoms with Crippen molar-refractivity contribution in [1.82, 2.24) is 0 Å². The Hall–Kier alpha value is -2.36. The van der Waals surface area contributed by atoms with Crippen LogP contribution < -0.4 is 5.73 Å². The summed E-state index contributed by atoms with van der Waals surface area (Å²) in [5, 5.41) is 9.76. The number of primary amides is 1. The van der Waals surface area contributed by atoms with Gasteiger partial charge in [0.15, 0.2) is 0 Å². The van der Waals surface area contributed by atoms with Crippen LogP contribution in [0.3, 0.4) is 0 Å². The number of benzene rings is 2. The maximum Gasteiger partial charge on any atom is 0.221 e. The monoisotopic (exact) mass is 245 g/mol. The van der Waals surface area contributed by atoms with E-state index in [2.05, 4.69) is 0 Å². The van der Waals surface area contributed by atoms with Crippen molar-refractivity contribution in [3.63, 3.8) is 0 Å². The molecule has 2 rings (SSSR count). The summed E-state index contributed by atoms with van der Waals surface area (Å²) in [4.78, 5) is 10.9. The molecule has 92 valence electrons. The predicted molar refractivity (Wildman–Crippen MR) is 66.4 cm³/mol. The summed E-state index contributed by atoms with van der Waals surface area (Å²) in [5.74, 6) is -0.933. The number of aromatic hydroxyl groups is 1. The minimum Gasteiger partial charge on any atom is -0.507 e. The molecule has 0 spiro atoms. The number of phenols is 1. The van der Waals surface area contributed by atoms with Gasteiger partial charge in [0, 0.05) is 11.1 Å². The van der Waals surface area contributed by atoms with Gasteiger partial charge < -0.3 is 10.8 Å². The van der Waals surface area contributed by atoms with E-state index in [9.17, 15) is 14.3 Å². The van der Waals surface area contributed by atoms with Gasteiger partial charge in [-0.15, -0.1) is 0 Å². The Balaban J connectivity index is 2.50. The standard InChI is InChI=1S/C14H12FNO2/c15-12-4-2-1-3-10(12)11-7-9(8-14(16)18)5-6-13(11)17/h1-7,17H,8H2,(H2,16,18). The fourth-order valence-corrected chi connectivity index (χ4v) is 1.79. The summed E-state index contributed by atoms with van der Waals surface area (Å²) < 4.78 is 13.6. The zero-order valence-electron chi connectivity index (χ0n) is 9.56. The first-order valence-electron chi connectivity index (χ1n) is 5.43. The largest absolute Gasteiger partial charge is 0.507 e. The second kappa shape index (κ2) is 4.87. The van der Waals surface area contributed by atoms with Crippen molar-refractivity contribution in [2.45, 2.75) is 6.42 Å². The molecule has 0 aromatic heterocycles. The van der Waals surface area contributed by atoms with E-state index in [0.717, 1.165) is 0 Å². The number of carbonyl (C=O) groups excluding carboxylic acids is 1. The van der Waals surface area contributed by atoms with E-state index in [1.54, 1.807) is 30.3 Å². The maximum absolute atomic E-state index is 13.6. The molecule has 4 heteroatoms. The molecule has 0 aliphatic carbocycles. The minimum atomic E-state index is -0.472. The zero-order valence-corrected chi connectivity index (χ0v) is 9.56. The third kappa shape index (κ3) is 2.48. The lowest BCUT2D eigenvalue weighted by Gasteiger charge is -2.08. The molecule has 0 aliphatic rings. The fourth-order valence-electron chi connectivity index (χ4n) is 1.79. The maximum atomic E-state index is 13.6. The Bertz CT molecular complexity index is 596. The van der Waals surface area contributed by atoms with Crippen LogP contribution in [0.4, 0.5) is 4.39 Å². The Morgan fingerprint density at radius 3 is 2.56 bits per heavy atom. The van der Waals surface area contributed by atoms with E-state index in [1.165, 1.54) is 12.1 Å². The lowest BCUT2D eigenvalue weighted by Crippen LogP contribution is -2.13. The summed E-state index contributed by atoms with van der Waals surface area (Å²) in [5.41, 5.74) is 6.39. The van der Waals surface area contributed by atoms with Gasteiger partial charge in [-0.25, -0.2) is 4.39 Å². The van der Waals surface area contributed by atoms with Crippen molar-refractivity contribution >= 4 is 5.91 Å². The Labute approximate surface area is 104 Å². The van der Waals surface area contributed by atoms with E-state index >= 15 is 0 Å². The molecule has 2 aromatic carbocycles. The van der Waals surface area contributed by atoms with Crippen LogP contribution in [0.1, 0.15) is 5.56 Å². The van der Waals surface area contributed by atoms with E-state index in [1.807, 2.05) is 0 Å². The molecule has 3 nitrogen and oxygen atoms in total. The predicted octanol–water partition coefficient (Wildman–Crippen LogP) is 2.23. The molecule has 0 atom stereocenters. The Kier molecular flexibility index (Phi) is 3.28. The molecule has 0 saturated carbocycles. The van der Waals surface area contributed by atoms with Crippen LogP contribution in [0.5, 0.6) is 5.75 Å². The minimum absolute atomic E-state index is 0.0340. The molecule has 1 amide bonds. The van der Waals surface area contributed by atoms with Crippen molar-refractivity contribution < 1.29 is 14.3 Å². The number of carbonyl (C=O) groups is 1. The first-order valence-corrected chi connectivity index (χ1v) is 5.43. The molecule has 2 aromatic rings. The third-order valence-corrected chi connectivity index (χ3v) is 2.60. The highest BCUT2D eigenvalue weighted by molar-refractivity contribution is 5.78. The van der Waals surface area contributed by atoms with Gasteiger partial charge in [0.1, 0.15) is 11.6 Å². The quantitative estimate of drug-likeness (QED) is 0.870. The van der Waals surface area contributed by atoms with E-state index in [-0.39, 0.29) is 12.2 Å². The first-order chi connectivity index (χ1) is 8.58. The molecule has 0 aliphatic heterocycles. The fraction of sp³-hybridized carbons (Fsp3) is 0.0714. The van der Waals surface area contributed by atoms with Crippen LogP contribution in [0, 0.1) is 5.82 Å². The van der Waals surface area contributed by atoms with Crippen molar-refractivity contribution in [2.24, 2.45) is 5.73 Å². The van der Waals surface area contributed by atoms with Gasteiger partial charge in [-0.3, -0.25) is 4.79 Å². The van der Waals surface area contributed by atoms with E-state index in [0.29, 0.717) is 16.7 Å². The van der Waals surface area contributed by atoms with Gasteiger partial charge in [0.05, 0.1) is 6.42 Å². The summed E-state index contributed by atoms with van der Waals surface area (Å²) in [7, 11) is 0. The van der Waals surface area contributed by atoms with Crippen molar-refractivity contribution in [2.75, 3.05) is 0 Å². The van der Waals surface area contributed by atoms with Crippen LogP contribution in [-0.4, -0.2) is 11.0 Å². The van der Waals surface area contributed by atoms with Crippen molar-refractivity contribution in [1.29, 1.82) is 0 Å². The van der Waals surface area contributed by atoms with Gasteiger partial charge in [0.2, 0.25) is 5.91 Å². The molecule has 0 saturated heterocycles. The lowest BCUT2D eigenvalue weighted by atomic mass is 10.00. The highest BCUT2D eigenvalue weighted by Crippen LogP contribution is 2.31. The normalized spacial score (nSPS) is 10.3. The molecular weight excluding hydrogens is 233 g/mol. The van der Waals surface area contributed by atoms with E-state index < -0.39 is 11.7 Å². The zero-order chi connectivity index (χ0) is 13.1. The van der Waals surface area contributed by atoms with E-state index in [4.69, 9.17) is 5.73 Å². The van der Waals surface area contributed by atoms with Gasteiger partial charge in [0.25, 0.3) is 0 Å². The van der Waals surface area contributed by atoms with Gasteiger partial charge in [-0.2, -0.15) is 0 Å². The molecular formula is C14H12FNO2. The third-order valence-electron chi connectivity index (χ3n) is 2.60. The molecule has 0 bridgehead atoms. The second-order valence-corrected chi connectivity index (χ2v) is 3.97. The van der Waals surface area contributed by atoms with Crippen LogP contribution in [0.25, 0.3) is 11.1 Å². The van der Waals surface area contributed by atoms with Gasteiger partial charge in [-0.05, 0) is 23.8 Å². The highest BCUT2D eigenvalue weighted by Gasteiger charge is 2.10. The van der Waals surface area contributed by atoms with Crippen LogP contribution in [-0.2, 0) is 11.2 Å². The highest BCUT2D eigenvalue weighted by atomic mass is 19.1. The topological polar surface area (TPSA) is 63.3 Å². The summed E-state index contributed by atoms with van der Waals surface area (Å²) in [6, 6.07) is 10.7. The number of rotatable bonds is 3. The summed E-state index contributed by atoms with van der Waals surface area (Å²) >= 11 is 0. The SMILES string of the molecule is NC(=O)Cc1ccc(O)c(-c2ccccc2F)c1. The first kappa shape index (κ1) is 12.1. The molecule has 3 N–H and O–H groups in total. The lowest BCUT2D eigenvalue weighted by molar-refractivity contribution is -0.117. The number of hydrogen-bond donors (Lipinski definition) is 2. The van der Waals surface area contributed by atoms with Crippen LogP contribution in [0.2, 0.25) is 0 Å². The molecule has 0 radical (unpaired) electrons. The van der Waals surface area contributed by atoms with Crippen molar-refractivity contribution in [3.05, 3.63) is 53.8 Å². The van der Waals surface area contributed by atoms with Gasteiger partial charge >= 0.3 is 0 Å². The van der Waals surface area contributed by atoms with Crippen LogP contribution in [0.15, 0.2) is 42.5 Å². The molecule has 0 heterocycles. The van der Waals surface area contributed by atoms with Crippen molar-refractivity contribution in [3.8, 4) is 16.9 Å². The number of hydrogen-bond acceptors (Lipinski definition) is 2. The Morgan fingerprint density at radius 1 is 1.17 bits per heavy atom. The number of amides is 1. The number of phenolic OH excluding ortho intramolecular Hbond substituents is 1. The second-order valence-electron chi connectivity index (χ2n) is 3.97. The van der Waals surface area contributed by atoms with Crippen LogP contribution >= 0.6 is 0 Å². The summed E-state index contributed by atoms with van der Waals surface area (Å²) in [6.07, 6.45) is 0.0573. The van der Waals surface area contributed by atoms with Gasteiger partial charge in [-0.1, -0.05) is 24.3 Å². The Morgan fingerprint density at radius 2 is 1.89 bits per heavy atom. The average Bonchev–Trinajstić information content (AvgIpc) is 2.32. The molecule has 0 unspecified atom stereocenters.